The molecule has 0 unspecified atom stereocenters. The lowest BCUT2D eigenvalue weighted by atomic mass is 10.1. The second-order valence-corrected chi connectivity index (χ2v) is 6.08. The summed E-state index contributed by atoms with van der Waals surface area (Å²) in [5.74, 6) is 1.81. The molecular formula is C16H22N4OS. The molecule has 2 heterocycles. The summed E-state index contributed by atoms with van der Waals surface area (Å²) in [4.78, 5) is 2.48. The van der Waals surface area contributed by atoms with E-state index in [2.05, 4.69) is 22.0 Å². The number of ether oxygens (including phenoxy) is 1. The second-order valence-electron chi connectivity index (χ2n) is 5.69. The molecule has 1 saturated heterocycles. The van der Waals surface area contributed by atoms with Gasteiger partial charge in [-0.05, 0) is 69.3 Å². The molecule has 5 nitrogen and oxygen atoms in total. The molecule has 2 aromatic rings. The third-order valence-corrected chi connectivity index (χ3v) is 4.61. The van der Waals surface area contributed by atoms with E-state index in [1.807, 2.05) is 28.8 Å². The van der Waals surface area contributed by atoms with Crippen LogP contribution in [0.15, 0.2) is 24.3 Å². The van der Waals surface area contributed by atoms with Crippen LogP contribution in [0, 0.1) is 4.77 Å². The van der Waals surface area contributed by atoms with Gasteiger partial charge in [-0.2, -0.15) is 5.10 Å². The van der Waals surface area contributed by atoms with Crippen LogP contribution in [-0.4, -0.2) is 39.9 Å². The van der Waals surface area contributed by atoms with Crippen LogP contribution in [0.5, 0.6) is 5.75 Å². The molecule has 0 spiro atoms. The van der Waals surface area contributed by atoms with Crippen molar-refractivity contribution in [2.24, 2.45) is 0 Å². The van der Waals surface area contributed by atoms with Gasteiger partial charge in [-0.25, -0.2) is 0 Å². The Balaban J connectivity index is 1.94. The van der Waals surface area contributed by atoms with Crippen molar-refractivity contribution in [2.45, 2.75) is 32.2 Å². The van der Waals surface area contributed by atoms with E-state index in [1.165, 1.54) is 19.3 Å². The van der Waals surface area contributed by atoms with Crippen LogP contribution >= 0.6 is 12.2 Å². The summed E-state index contributed by atoms with van der Waals surface area (Å²) in [5.41, 5.74) is 1.01. The number of aromatic nitrogens is 3. The van der Waals surface area contributed by atoms with E-state index in [-0.39, 0.29) is 6.04 Å². The Morgan fingerprint density at radius 1 is 1.18 bits per heavy atom. The molecule has 1 aromatic heterocycles. The summed E-state index contributed by atoms with van der Waals surface area (Å²) < 4.78 is 7.87. The van der Waals surface area contributed by atoms with Crippen LogP contribution in [0.1, 0.15) is 38.1 Å². The Kier molecular flexibility index (Phi) is 4.59. The Labute approximate surface area is 135 Å². The normalized spacial score (nSPS) is 17.4. The van der Waals surface area contributed by atoms with Crippen molar-refractivity contribution in [1.82, 2.24) is 19.7 Å². The van der Waals surface area contributed by atoms with Gasteiger partial charge in [0.05, 0.1) is 13.2 Å². The number of likely N-dealkylation sites (tertiary alicyclic amines) is 1. The first-order chi connectivity index (χ1) is 10.7. The number of hydrogen-bond donors (Lipinski definition) is 1. The zero-order valence-electron chi connectivity index (χ0n) is 13.1. The van der Waals surface area contributed by atoms with Crippen molar-refractivity contribution in [2.75, 3.05) is 20.2 Å². The molecule has 0 radical (unpaired) electrons. The lowest BCUT2D eigenvalue weighted by Gasteiger charge is -2.31. The molecule has 118 valence electrons. The number of H-pyrrole nitrogens is 1. The van der Waals surface area contributed by atoms with E-state index in [0.717, 1.165) is 30.4 Å². The van der Waals surface area contributed by atoms with Crippen molar-refractivity contribution in [3.63, 3.8) is 0 Å². The molecule has 1 fully saturated rings. The fourth-order valence-electron chi connectivity index (χ4n) is 3.04. The third kappa shape index (κ3) is 2.94. The molecule has 3 rings (SSSR count). The molecule has 0 saturated carbocycles. The lowest BCUT2D eigenvalue weighted by molar-refractivity contribution is 0.167. The summed E-state index contributed by atoms with van der Waals surface area (Å²) in [7, 11) is 1.67. The molecule has 0 aliphatic carbocycles. The van der Waals surface area contributed by atoms with Gasteiger partial charge in [0.15, 0.2) is 10.6 Å². The largest absolute Gasteiger partial charge is 0.497 e. The number of methoxy groups -OCH3 is 1. The van der Waals surface area contributed by atoms with Gasteiger partial charge in [-0.1, -0.05) is 6.42 Å². The van der Waals surface area contributed by atoms with Crippen LogP contribution < -0.4 is 4.74 Å². The minimum atomic E-state index is 0.246. The van der Waals surface area contributed by atoms with E-state index >= 15 is 0 Å². The third-order valence-electron chi connectivity index (χ3n) is 4.34. The smallest absolute Gasteiger partial charge is 0.199 e. The van der Waals surface area contributed by atoms with E-state index in [0.29, 0.717) is 4.77 Å². The maximum absolute atomic E-state index is 5.43. The number of nitrogens with zero attached hydrogens (tertiary/aromatic N) is 3. The monoisotopic (exact) mass is 318 g/mol. The van der Waals surface area contributed by atoms with Gasteiger partial charge in [0, 0.05) is 5.69 Å². The number of piperidine rings is 1. The maximum atomic E-state index is 5.43. The van der Waals surface area contributed by atoms with Gasteiger partial charge in [0.2, 0.25) is 0 Å². The summed E-state index contributed by atoms with van der Waals surface area (Å²) >= 11 is 5.43. The molecule has 1 N–H and O–H groups in total. The van der Waals surface area contributed by atoms with Gasteiger partial charge in [-0.3, -0.25) is 14.6 Å². The highest BCUT2D eigenvalue weighted by Crippen LogP contribution is 2.25. The Morgan fingerprint density at radius 3 is 2.50 bits per heavy atom. The molecule has 1 aliphatic heterocycles. The summed E-state index contributed by atoms with van der Waals surface area (Å²) in [6, 6.07) is 8.15. The van der Waals surface area contributed by atoms with E-state index in [1.54, 1.807) is 7.11 Å². The first kappa shape index (κ1) is 15.2. The minimum absolute atomic E-state index is 0.246. The number of nitrogens with one attached hydrogen (secondary N) is 1. The highest BCUT2D eigenvalue weighted by atomic mass is 32.1. The van der Waals surface area contributed by atoms with Crippen molar-refractivity contribution in [1.29, 1.82) is 0 Å². The second kappa shape index (κ2) is 6.62. The van der Waals surface area contributed by atoms with Crippen molar-refractivity contribution in [3.8, 4) is 11.4 Å². The highest BCUT2D eigenvalue weighted by Gasteiger charge is 2.23. The van der Waals surface area contributed by atoms with Gasteiger partial charge < -0.3 is 4.74 Å². The average molecular weight is 318 g/mol. The SMILES string of the molecule is COc1ccc(-n2c([C@@H](C)N3CCCCC3)n[nH]c2=S)cc1. The van der Waals surface area contributed by atoms with Gasteiger partial charge in [0.25, 0.3) is 0 Å². The molecule has 0 amide bonds. The molecule has 6 heteroatoms. The summed E-state index contributed by atoms with van der Waals surface area (Å²) in [5, 5.41) is 7.42. The van der Waals surface area contributed by atoms with Crippen LogP contribution in [0.2, 0.25) is 0 Å². The van der Waals surface area contributed by atoms with Gasteiger partial charge in [-0.15, -0.1) is 0 Å². The zero-order valence-corrected chi connectivity index (χ0v) is 13.9. The first-order valence-corrected chi connectivity index (χ1v) is 8.17. The predicted octanol–water partition coefficient (Wildman–Crippen LogP) is 3.49. The fourth-order valence-corrected chi connectivity index (χ4v) is 3.28. The van der Waals surface area contributed by atoms with Crippen molar-refractivity contribution >= 4 is 12.2 Å². The van der Waals surface area contributed by atoms with Crippen molar-refractivity contribution in [3.05, 3.63) is 34.9 Å². The number of hydrogen-bond acceptors (Lipinski definition) is 4. The van der Waals surface area contributed by atoms with Crippen molar-refractivity contribution < 1.29 is 4.74 Å². The molecule has 22 heavy (non-hydrogen) atoms. The van der Waals surface area contributed by atoms with Gasteiger partial charge in [0.1, 0.15) is 5.75 Å². The number of benzene rings is 1. The molecule has 1 aliphatic rings. The Bertz CT molecular complexity index is 670. The Hall–Kier alpha value is -1.66. The van der Waals surface area contributed by atoms with Crippen LogP contribution in [-0.2, 0) is 0 Å². The van der Waals surface area contributed by atoms with Crippen LogP contribution in [0.25, 0.3) is 5.69 Å². The maximum Gasteiger partial charge on any atom is 0.199 e. The average Bonchev–Trinajstić information content (AvgIpc) is 2.96. The van der Waals surface area contributed by atoms with Crippen LogP contribution in [0.3, 0.4) is 0 Å². The minimum Gasteiger partial charge on any atom is -0.497 e. The van der Waals surface area contributed by atoms with E-state index in [9.17, 15) is 0 Å². The Morgan fingerprint density at radius 2 is 1.86 bits per heavy atom. The topological polar surface area (TPSA) is 46.1 Å². The predicted molar refractivity (Wildman–Crippen MR) is 89.1 cm³/mol. The number of aromatic amines is 1. The lowest BCUT2D eigenvalue weighted by Crippen LogP contribution is -2.33. The first-order valence-electron chi connectivity index (χ1n) is 7.76. The highest BCUT2D eigenvalue weighted by molar-refractivity contribution is 7.71. The standard InChI is InChI=1S/C16H22N4OS/c1-12(19-10-4-3-5-11-19)15-17-18-16(22)20(15)13-6-8-14(21-2)9-7-13/h6-9,12H,3-5,10-11H2,1-2H3,(H,18,22)/t12-/m1/s1. The number of rotatable bonds is 4. The summed E-state index contributed by atoms with van der Waals surface area (Å²) in [6.45, 7) is 4.46. The van der Waals surface area contributed by atoms with E-state index in [4.69, 9.17) is 17.0 Å². The van der Waals surface area contributed by atoms with Crippen LogP contribution in [0.4, 0.5) is 0 Å². The molecule has 0 bridgehead atoms. The van der Waals surface area contributed by atoms with E-state index < -0.39 is 0 Å². The zero-order chi connectivity index (χ0) is 15.5. The summed E-state index contributed by atoms with van der Waals surface area (Å²) in [6.07, 6.45) is 3.85. The fraction of sp³-hybridized carbons (Fsp3) is 0.500. The molecule has 1 atom stereocenters. The molecule has 1 aromatic carbocycles. The molecular weight excluding hydrogens is 296 g/mol. The van der Waals surface area contributed by atoms with Gasteiger partial charge >= 0.3 is 0 Å². The quantitative estimate of drug-likeness (QED) is 0.877.